The van der Waals surface area contributed by atoms with Gasteiger partial charge in [-0.3, -0.25) is 13.9 Å². The van der Waals surface area contributed by atoms with Gasteiger partial charge in [0.1, 0.15) is 12.6 Å². The summed E-state index contributed by atoms with van der Waals surface area (Å²) in [6, 6.07) is 11.8. The summed E-state index contributed by atoms with van der Waals surface area (Å²) in [7, 11) is -3.79. The number of anilines is 1. The fourth-order valence-corrected chi connectivity index (χ4v) is 4.92. The minimum absolute atomic E-state index is 0.190. The molecule has 0 spiro atoms. The molecule has 0 aromatic heterocycles. The number of hydrogen-bond donors (Lipinski definition) is 1. The van der Waals surface area contributed by atoms with Crippen LogP contribution in [-0.4, -0.2) is 50.5 Å². The first kappa shape index (κ1) is 27.7. The Morgan fingerprint density at radius 3 is 2.35 bits per heavy atom. The molecule has 186 valence electrons. The number of nitrogens with one attached hydrogen (secondary N) is 1. The quantitative estimate of drug-likeness (QED) is 0.497. The molecule has 0 aliphatic heterocycles. The fraction of sp³-hybridized carbons (Fsp3) is 0.440. The molecule has 0 heterocycles. The van der Waals surface area contributed by atoms with E-state index in [4.69, 9.17) is 11.6 Å². The number of carbonyl (C=O) groups is 2. The largest absolute Gasteiger partial charge is 0.354 e. The molecule has 2 aromatic rings. The van der Waals surface area contributed by atoms with Crippen molar-refractivity contribution in [1.82, 2.24) is 10.2 Å². The Hall–Kier alpha value is -2.58. The van der Waals surface area contributed by atoms with E-state index in [0.717, 1.165) is 28.1 Å². The molecule has 7 nitrogen and oxygen atoms in total. The van der Waals surface area contributed by atoms with E-state index in [9.17, 15) is 18.0 Å². The van der Waals surface area contributed by atoms with Crippen molar-refractivity contribution in [2.24, 2.45) is 0 Å². The molecule has 34 heavy (non-hydrogen) atoms. The Morgan fingerprint density at radius 2 is 1.79 bits per heavy atom. The smallest absolute Gasteiger partial charge is 0.244 e. The number of benzene rings is 2. The molecule has 2 amide bonds. The van der Waals surface area contributed by atoms with Crippen LogP contribution >= 0.6 is 11.6 Å². The molecule has 0 saturated carbocycles. The van der Waals surface area contributed by atoms with Crippen LogP contribution in [0.2, 0.25) is 5.02 Å². The molecule has 1 atom stereocenters. The second kappa shape index (κ2) is 12.2. The molecule has 0 bridgehead atoms. The van der Waals surface area contributed by atoms with Crippen molar-refractivity contribution in [3.63, 3.8) is 0 Å². The summed E-state index contributed by atoms with van der Waals surface area (Å²) in [5.74, 6) is -0.710. The van der Waals surface area contributed by atoms with Gasteiger partial charge in [0.2, 0.25) is 21.8 Å². The van der Waals surface area contributed by atoms with Gasteiger partial charge in [-0.1, -0.05) is 55.3 Å². The van der Waals surface area contributed by atoms with Crippen LogP contribution in [0.25, 0.3) is 0 Å². The van der Waals surface area contributed by atoms with Gasteiger partial charge in [-0.05, 0) is 56.0 Å². The van der Waals surface area contributed by atoms with Gasteiger partial charge in [0.15, 0.2) is 0 Å². The van der Waals surface area contributed by atoms with Gasteiger partial charge in [0, 0.05) is 18.1 Å². The van der Waals surface area contributed by atoms with E-state index in [0.29, 0.717) is 29.2 Å². The number of aryl methyl sites for hydroxylation is 2. The van der Waals surface area contributed by atoms with E-state index >= 15 is 0 Å². The third-order valence-corrected chi connectivity index (χ3v) is 6.84. The molecule has 0 fully saturated rings. The molecule has 2 rings (SSSR count). The lowest BCUT2D eigenvalue weighted by Crippen LogP contribution is -2.52. The van der Waals surface area contributed by atoms with E-state index in [-0.39, 0.29) is 12.5 Å². The molecule has 0 aliphatic carbocycles. The lowest BCUT2D eigenvalue weighted by Gasteiger charge is -2.33. The van der Waals surface area contributed by atoms with Crippen molar-refractivity contribution < 1.29 is 18.0 Å². The van der Waals surface area contributed by atoms with Crippen molar-refractivity contribution in [1.29, 1.82) is 0 Å². The Kier molecular flexibility index (Phi) is 9.94. The topological polar surface area (TPSA) is 86.8 Å². The van der Waals surface area contributed by atoms with Crippen LogP contribution < -0.4 is 9.62 Å². The Labute approximate surface area is 208 Å². The maximum Gasteiger partial charge on any atom is 0.244 e. The zero-order valence-corrected chi connectivity index (χ0v) is 22.0. The highest BCUT2D eigenvalue weighted by Gasteiger charge is 2.32. The van der Waals surface area contributed by atoms with Crippen molar-refractivity contribution in [3.8, 4) is 0 Å². The number of carbonyl (C=O) groups excluding carboxylic acids is 2. The van der Waals surface area contributed by atoms with Gasteiger partial charge in [-0.15, -0.1) is 0 Å². The first-order valence-electron chi connectivity index (χ1n) is 11.3. The second-order valence-corrected chi connectivity index (χ2v) is 10.8. The zero-order chi connectivity index (χ0) is 25.5. The van der Waals surface area contributed by atoms with E-state index in [1.807, 2.05) is 45.0 Å². The van der Waals surface area contributed by atoms with Crippen LogP contribution in [-0.2, 0) is 26.2 Å². The number of hydrogen-bond acceptors (Lipinski definition) is 4. The predicted molar refractivity (Wildman–Crippen MR) is 137 cm³/mol. The number of amides is 2. The molecule has 0 saturated heterocycles. The summed E-state index contributed by atoms with van der Waals surface area (Å²) < 4.78 is 26.4. The molecule has 0 radical (unpaired) electrons. The third-order valence-electron chi connectivity index (χ3n) is 5.48. The first-order valence-corrected chi connectivity index (χ1v) is 13.6. The van der Waals surface area contributed by atoms with E-state index in [1.165, 1.54) is 4.90 Å². The van der Waals surface area contributed by atoms with Gasteiger partial charge < -0.3 is 10.2 Å². The standard InChI is InChI=1S/C25H34ClN3O4S/c1-6-13-27-25(31)22(7-2)28(16-20-10-8-9-18(3)14-20)24(30)17-29(34(5,32)33)23-12-11-21(26)15-19(23)4/h8-12,14-15,22H,6-7,13,16-17H2,1-5H3,(H,27,31)/t22-/m1/s1. The number of nitrogens with zero attached hydrogens (tertiary/aromatic N) is 2. The van der Waals surface area contributed by atoms with Crippen molar-refractivity contribution >= 4 is 39.1 Å². The normalized spacial score (nSPS) is 12.2. The molecule has 9 heteroatoms. The van der Waals surface area contributed by atoms with E-state index in [2.05, 4.69) is 5.32 Å². The van der Waals surface area contributed by atoms with Crippen LogP contribution in [0, 0.1) is 13.8 Å². The molecule has 1 N–H and O–H groups in total. The van der Waals surface area contributed by atoms with Crippen molar-refractivity contribution in [2.45, 2.75) is 53.1 Å². The van der Waals surface area contributed by atoms with Crippen molar-refractivity contribution in [3.05, 3.63) is 64.2 Å². The van der Waals surface area contributed by atoms with Gasteiger partial charge in [-0.25, -0.2) is 8.42 Å². The highest BCUT2D eigenvalue weighted by atomic mass is 35.5. The summed E-state index contributed by atoms with van der Waals surface area (Å²) in [5, 5.41) is 3.34. The van der Waals surface area contributed by atoms with Gasteiger partial charge >= 0.3 is 0 Å². The number of sulfonamides is 1. The van der Waals surface area contributed by atoms with Crippen LogP contribution in [0.4, 0.5) is 5.69 Å². The lowest BCUT2D eigenvalue weighted by molar-refractivity contribution is -0.140. The van der Waals surface area contributed by atoms with Gasteiger partial charge in [0.25, 0.3) is 0 Å². The van der Waals surface area contributed by atoms with Gasteiger partial charge in [0.05, 0.1) is 11.9 Å². The highest BCUT2D eigenvalue weighted by molar-refractivity contribution is 7.92. The van der Waals surface area contributed by atoms with Crippen LogP contribution in [0.3, 0.4) is 0 Å². The maximum absolute atomic E-state index is 13.6. The SMILES string of the molecule is CCCNC(=O)[C@@H](CC)N(Cc1cccc(C)c1)C(=O)CN(c1ccc(Cl)cc1C)S(C)(=O)=O. The van der Waals surface area contributed by atoms with Crippen LogP contribution in [0.5, 0.6) is 0 Å². The Morgan fingerprint density at radius 1 is 1.09 bits per heavy atom. The molecular weight excluding hydrogens is 474 g/mol. The van der Waals surface area contributed by atoms with E-state index < -0.39 is 28.5 Å². The summed E-state index contributed by atoms with van der Waals surface area (Å²) in [5.41, 5.74) is 2.90. The first-order chi connectivity index (χ1) is 16.0. The van der Waals surface area contributed by atoms with Gasteiger partial charge in [-0.2, -0.15) is 0 Å². The molecular formula is C25H34ClN3O4S. The zero-order valence-electron chi connectivity index (χ0n) is 20.5. The Balaban J connectivity index is 2.45. The molecule has 0 aliphatic rings. The van der Waals surface area contributed by atoms with Crippen LogP contribution in [0.15, 0.2) is 42.5 Å². The maximum atomic E-state index is 13.6. The second-order valence-electron chi connectivity index (χ2n) is 8.43. The van der Waals surface area contributed by atoms with E-state index in [1.54, 1.807) is 25.1 Å². The highest BCUT2D eigenvalue weighted by Crippen LogP contribution is 2.26. The molecule has 0 unspecified atom stereocenters. The minimum Gasteiger partial charge on any atom is -0.354 e. The monoisotopic (exact) mass is 507 g/mol. The average molecular weight is 508 g/mol. The number of halogens is 1. The minimum atomic E-state index is -3.79. The summed E-state index contributed by atoms with van der Waals surface area (Å²) in [6.07, 6.45) is 2.22. The summed E-state index contributed by atoms with van der Waals surface area (Å²) in [6.45, 7) is 7.75. The third kappa shape index (κ3) is 7.46. The van der Waals surface area contributed by atoms with Crippen LogP contribution in [0.1, 0.15) is 43.4 Å². The van der Waals surface area contributed by atoms with Crippen molar-refractivity contribution in [2.75, 3.05) is 23.7 Å². The average Bonchev–Trinajstić information content (AvgIpc) is 2.75. The summed E-state index contributed by atoms with van der Waals surface area (Å²) in [4.78, 5) is 28.0. The fourth-order valence-electron chi connectivity index (χ4n) is 3.79. The Bertz CT molecular complexity index is 1120. The predicted octanol–water partition coefficient (Wildman–Crippen LogP) is 4.06. The lowest BCUT2D eigenvalue weighted by atomic mass is 10.1. The molecule has 2 aromatic carbocycles. The number of rotatable bonds is 11. The summed E-state index contributed by atoms with van der Waals surface area (Å²) >= 11 is 6.04.